The molecule has 0 saturated heterocycles. The van der Waals surface area contributed by atoms with Gasteiger partial charge in [-0.2, -0.15) is 0 Å². The number of benzene rings is 2. The van der Waals surface area contributed by atoms with Crippen LogP contribution < -0.4 is 5.32 Å². The van der Waals surface area contributed by atoms with Gasteiger partial charge in [-0.05, 0) is 41.3 Å². The number of likely N-dealkylation sites (N-methyl/N-ethyl adjacent to an activating group) is 1. The minimum atomic E-state index is 0.644. The second-order valence-corrected chi connectivity index (χ2v) is 4.59. The Morgan fingerprint density at radius 3 is 2.88 bits per heavy atom. The normalized spacial score (nSPS) is 18.9. The zero-order valence-corrected chi connectivity index (χ0v) is 9.66. The van der Waals surface area contributed by atoms with Crippen molar-refractivity contribution in [2.45, 2.75) is 25.8 Å². The van der Waals surface area contributed by atoms with Crippen molar-refractivity contribution >= 4 is 10.8 Å². The molecule has 1 nitrogen and oxygen atoms in total. The predicted molar refractivity (Wildman–Crippen MR) is 68.8 cm³/mol. The first-order valence-electron chi connectivity index (χ1n) is 6.11. The Bertz CT molecular complexity index is 516. The predicted octanol–water partition coefficient (Wildman–Crippen LogP) is 2.92. The van der Waals surface area contributed by atoms with E-state index < -0.39 is 0 Å². The maximum absolute atomic E-state index is 3.56. The van der Waals surface area contributed by atoms with Crippen LogP contribution in [0.3, 0.4) is 0 Å². The summed E-state index contributed by atoms with van der Waals surface area (Å²) in [5, 5.41) is 6.37. The molecule has 0 aliphatic heterocycles. The third kappa shape index (κ3) is 1.52. The summed E-state index contributed by atoms with van der Waals surface area (Å²) >= 11 is 0. The van der Waals surface area contributed by atoms with Crippen LogP contribution in [0.2, 0.25) is 0 Å². The molecule has 0 fully saturated rings. The van der Waals surface area contributed by atoms with Crippen molar-refractivity contribution in [3.8, 4) is 0 Å². The fourth-order valence-corrected chi connectivity index (χ4v) is 2.83. The van der Waals surface area contributed by atoms with E-state index >= 15 is 0 Å². The Morgan fingerprint density at radius 2 is 2.00 bits per heavy atom. The highest BCUT2D eigenvalue weighted by Crippen LogP contribution is 2.29. The largest absolute Gasteiger partial charge is 0.314 e. The molecule has 1 unspecified atom stereocenters. The van der Waals surface area contributed by atoms with Crippen LogP contribution >= 0.6 is 0 Å². The van der Waals surface area contributed by atoms with Gasteiger partial charge in [0, 0.05) is 6.04 Å². The molecule has 2 aromatic rings. The van der Waals surface area contributed by atoms with E-state index in [1.807, 2.05) is 0 Å². The monoisotopic (exact) mass is 211 g/mol. The Morgan fingerprint density at radius 1 is 1.12 bits per heavy atom. The van der Waals surface area contributed by atoms with E-state index in [0.29, 0.717) is 6.04 Å². The molecule has 1 N–H and O–H groups in total. The van der Waals surface area contributed by atoms with Crippen molar-refractivity contribution < 1.29 is 0 Å². The lowest BCUT2D eigenvalue weighted by Crippen LogP contribution is -2.28. The maximum Gasteiger partial charge on any atom is 0.0148 e. The number of hydrogen-bond donors (Lipinski definition) is 1. The molecule has 1 atom stereocenters. The van der Waals surface area contributed by atoms with Crippen LogP contribution in [0.5, 0.6) is 0 Å². The second-order valence-electron chi connectivity index (χ2n) is 4.59. The molecule has 0 heterocycles. The molecule has 0 amide bonds. The number of fused-ring (bicyclic) bond motifs is 3. The third-order valence-corrected chi connectivity index (χ3v) is 3.55. The van der Waals surface area contributed by atoms with Crippen LogP contribution in [0.25, 0.3) is 10.8 Å². The molecular formula is C15H17N. The lowest BCUT2D eigenvalue weighted by molar-refractivity contribution is 0.552. The first-order chi connectivity index (χ1) is 7.88. The van der Waals surface area contributed by atoms with Gasteiger partial charge in [-0.3, -0.25) is 0 Å². The molecule has 1 aliphatic rings. The van der Waals surface area contributed by atoms with Gasteiger partial charge in [0.1, 0.15) is 0 Å². The molecule has 1 heteroatoms. The quantitative estimate of drug-likeness (QED) is 0.805. The number of hydrogen-bond acceptors (Lipinski definition) is 1. The summed E-state index contributed by atoms with van der Waals surface area (Å²) < 4.78 is 0. The Balaban J connectivity index is 2.07. The molecule has 16 heavy (non-hydrogen) atoms. The van der Waals surface area contributed by atoms with Gasteiger partial charge in [0.15, 0.2) is 0 Å². The van der Waals surface area contributed by atoms with Crippen LogP contribution in [-0.2, 0) is 12.8 Å². The summed E-state index contributed by atoms with van der Waals surface area (Å²) in [5.41, 5.74) is 3.09. The average molecular weight is 211 g/mol. The summed E-state index contributed by atoms with van der Waals surface area (Å²) in [7, 11) is 0. The van der Waals surface area contributed by atoms with Crippen LogP contribution in [0, 0.1) is 0 Å². The van der Waals surface area contributed by atoms with Gasteiger partial charge in [0.05, 0.1) is 0 Å². The topological polar surface area (TPSA) is 12.0 Å². The summed E-state index contributed by atoms with van der Waals surface area (Å²) in [6.07, 6.45) is 2.37. The van der Waals surface area contributed by atoms with Crippen molar-refractivity contribution in [2.24, 2.45) is 0 Å². The van der Waals surface area contributed by atoms with Gasteiger partial charge in [-0.25, -0.2) is 0 Å². The smallest absolute Gasteiger partial charge is 0.0148 e. The van der Waals surface area contributed by atoms with Gasteiger partial charge in [-0.1, -0.05) is 43.3 Å². The van der Waals surface area contributed by atoms with Gasteiger partial charge >= 0.3 is 0 Å². The molecule has 2 aromatic carbocycles. The van der Waals surface area contributed by atoms with E-state index in [2.05, 4.69) is 48.6 Å². The van der Waals surface area contributed by atoms with Gasteiger partial charge in [0.2, 0.25) is 0 Å². The molecule has 1 aliphatic carbocycles. The molecular weight excluding hydrogens is 194 g/mol. The van der Waals surface area contributed by atoms with E-state index in [9.17, 15) is 0 Å². The molecule has 0 saturated carbocycles. The molecule has 3 rings (SSSR count). The summed E-state index contributed by atoms with van der Waals surface area (Å²) in [6.45, 7) is 3.25. The van der Waals surface area contributed by atoms with Crippen molar-refractivity contribution in [3.63, 3.8) is 0 Å². The van der Waals surface area contributed by atoms with Gasteiger partial charge in [-0.15, -0.1) is 0 Å². The van der Waals surface area contributed by atoms with E-state index in [1.165, 1.54) is 29.2 Å². The SMILES string of the molecule is CCNC1Cc2ccc3ccccc3c2C1. The van der Waals surface area contributed by atoms with Crippen LogP contribution in [0.4, 0.5) is 0 Å². The number of rotatable bonds is 2. The first kappa shape index (κ1) is 9.86. The van der Waals surface area contributed by atoms with Gasteiger partial charge < -0.3 is 5.32 Å². The highest BCUT2D eigenvalue weighted by molar-refractivity contribution is 5.87. The minimum Gasteiger partial charge on any atom is -0.314 e. The maximum atomic E-state index is 3.56. The lowest BCUT2D eigenvalue weighted by atomic mass is 10.0. The highest BCUT2D eigenvalue weighted by atomic mass is 14.9. The molecule has 82 valence electrons. The minimum absolute atomic E-state index is 0.644. The second kappa shape index (κ2) is 3.91. The van der Waals surface area contributed by atoms with E-state index in [4.69, 9.17) is 0 Å². The number of nitrogens with one attached hydrogen (secondary N) is 1. The zero-order valence-electron chi connectivity index (χ0n) is 9.66. The van der Waals surface area contributed by atoms with Crippen LogP contribution in [0.1, 0.15) is 18.1 Å². The molecule has 0 radical (unpaired) electrons. The van der Waals surface area contributed by atoms with Crippen LogP contribution in [-0.4, -0.2) is 12.6 Å². The van der Waals surface area contributed by atoms with E-state index in [-0.39, 0.29) is 0 Å². The summed E-state index contributed by atoms with van der Waals surface area (Å²) in [5.74, 6) is 0. The Kier molecular flexibility index (Phi) is 2.41. The fourth-order valence-electron chi connectivity index (χ4n) is 2.83. The fraction of sp³-hybridized carbons (Fsp3) is 0.333. The van der Waals surface area contributed by atoms with Crippen molar-refractivity contribution in [2.75, 3.05) is 6.54 Å². The Hall–Kier alpha value is -1.34. The van der Waals surface area contributed by atoms with Crippen molar-refractivity contribution in [1.82, 2.24) is 5.32 Å². The van der Waals surface area contributed by atoms with Crippen LogP contribution in [0.15, 0.2) is 36.4 Å². The first-order valence-corrected chi connectivity index (χ1v) is 6.11. The third-order valence-electron chi connectivity index (χ3n) is 3.55. The Labute approximate surface area is 96.5 Å². The summed E-state index contributed by atoms with van der Waals surface area (Å²) in [6, 6.07) is 13.9. The van der Waals surface area contributed by atoms with E-state index in [0.717, 1.165) is 6.54 Å². The van der Waals surface area contributed by atoms with E-state index in [1.54, 1.807) is 5.56 Å². The zero-order chi connectivity index (χ0) is 11.0. The molecule has 0 spiro atoms. The van der Waals surface area contributed by atoms with Crippen molar-refractivity contribution in [1.29, 1.82) is 0 Å². The average Bonchev–Trinajstić information content (AvgIpc) is 2.72. The molecule has 0 bridgehead atoms. The highest BCUT2D eigenvalue weighted by Gasteiger charge is 2.21. The van der Waals surface area contributed by atoms with Crippen molar-refractivity contribution in [3.05, 3.63) is 47.5 Å². The summed E-state index contributed by atoms with van der Waals surface area (Å²) in [4.78, 5) is 0. The van der Waals surface area contributed by atoms with Gasteiger partial charge in [0.25, 0.3) is 0 Å². The standard InChI is InChI=1S/C15H17N/c1-2-16-13-9-12-8-7-11-5-3-4-6-14(11)15(12)10-13/h3-8,13,16H,2,9-10H2,1H3. The molecule has 0 aromatic heterocycles. The lowest BCUT2D eigenvalue weighted by Gasteiger charge is -2.08.